The fourth-order valence-corrected chi connectivity index (χ4v) is 4.38. The highest BCUT2D eigenvalue weighted by atomic mass is 32.1. The minimum Gasteiger partial charge on any atom is -0.322 e. The van der Waals surface area contributed by atoms with Crippen LogP contribution in [0.15, 0.2) is 23.0 Å². The monoisotopic (exact) mass is 353 g/mol. The van der Waals surface area contributed by atoms with Crippen molar-refractivity contribution in [3.8, 4) is 0 Å². The number of amides is 1. The Morgan fingerprint density at radius 1 is 1.20 bits per heavy atom. The lowest BCUT2D eigenvalue weighted by molar-refractivity contribution is 0.103. The lowest BCUT2D eigenvalue weighted by Crippen LogP contribution is -2.19. The number of pyridine rings is 1. The van der Waals surface area contributed by atoms with Gasteiger partial charge in [-0.25, -0.2) is 4.98 Å². The van der Waals surface area contributed by atoms with Crippen LogP contribution >= 0.6 is 11.3 Å². The maximum Gasteiger partial charge on any atom is 0.267 e. The van der Waals surface area contributed by atoms with Gasteiger partial charge in [0.15, 0.2) is 0 Å². The molecule has 0 spiro atoms. The first-order chi connectivity index (χ1) is 12.0. The summed E-state index contributed by atoms with van der Waals surface area (Å²) in [6.07, 6.45) is 3.99. The van der Waals surface area contributed by atoms with Crippen molar-refractivity contribution in [3.63, 3.8) is 0 Å². The summed E-state index contributed by atoms with van der Waals surface area (Å²) in [5, 5.41) is 4.87. The average molecular weight is 353 g/mol. The van der Waals surface area contributed by atoms with Crippen LogP contribution in [0.2, 0.25) is 0 Å². The Bertz CT molecular complexity index is 1050. The van der Waals surface area contributed by atoms with Gasteiger partial charge >= 0.3 is 0 Å². The van der Waals surface area contributed by atoms with Gasteiger partial charge in [-0.2, -0.15) is 0 Å². The van der Waals surface area contributed by atoms with Gasteiger partial charge in [0.05, 0.1) is 16.2 Å². The molecule has 0 atom stereocenters. The van der Waals surface area contributed by atoms with E-state index in [9.17, 15) is 9.59 Å². The number of fused-ring (bicyclic) bond motifs is 3. The molecule has 0 bridgehead atoms. The molecule has 0 unspecified atom stereocenters. The number of thiazole rings is 1. The summed E-state index contributed by atoms with van der Waals surface area (Å²) < 4.78 is 0. The second-order valence-electron chi connectivity index (χ2n) is 6.48. The summed E-state index contributed by atoms with van der Waals surface area (Å²) in [7, 11) is 0. The van der Waals surface area contributed by atoms with E-state index in [0.29, 0.717) is 10.6 Å². The molecule has 1 aromatic carbocycles. The highest BCUT2D eigenvalue weighted by molar-refractivity contribution is 7.13. The number of H-pyrrole nitrogens is 1. The number of benzene rings is 1. The Kier molecular flexibility index (Phi) is 3.92. The van der Waals surface area contributed by atoms with Crippen LogP contribution in [0.25, 0.3) is 10.9 Å². The van der Waals surface area contributed by atoms with Crippen molar-refractivity contribution < 1.29 is 4.79 Å². The van der Waals surface area contributed by atoms with Crippen LogP contribution in [0.3, 0.4) is 0 Å². The zero-order chi connectivity index (χ0) is 17.6. The topological polar surface area (TPSA) is 74.8 Å². The Labute approximate surface area is 149 Å². The highest BCUT2D eigenvalue weighted by Gasteiger charge is 2.17. The van der Waals surface area contributed by atoms with Crippen molar-refractivity contribution in [2.24, 2.45) is 0 Å². The molecular formula is C19H19N3O2S. The van der Waals surface area contributed by atoms with Gasteiger partial charge in [0, 0.05) is 16.6 Å². The number of hydrogen-bond acceptors (Lipinski definition) is 4. The number of aryl methyl sites for hydroxylation is 3. The summed E-state index contributed by atoms with van der Waals surface area (Å²) in [4.78, 5) is 32.7. The second kappa shape index (κ2) is 6.11. The molecule has 6 heteroatoms. The maximum absolute atomic E-state index is 12.5. The lowest BCUT2D eigenvalue weighted by atomic mass is 9.90. The van der Waals surface area contributed by atoms with Gasteiger partial charge in [-0.05, 0) is 57.2 Å². The van der Waals surface area contributed by atoms with Crippen molar-refractivity contribution in [1.82, 2.24) is 9.97 Å². The van der Waals surface area contributed by atoms with Crippen molar-refractivity contribution in [1.29, 1.82) is 0 Å². The van der Waals surface area contributed by atoms with Gasteiger partial charge in [0.1, 0.15) is 4.88 Å². The van der Waals surface area contributed by atoms with Gasteiger partial charge in [-0.1, -0.05) is 6.07 Å². The van der Waals surface area contributed by atoms with Gasteiger partial charge in [0.25, 0.3) is 11.5 Å². The molecule has 0 saturated heterocycles. The third kappa shape index (κ3) is 2.87. The predicted octanol–water partition coefficient (Wildman–Crippen LogP) is 3.73. The molecule has 128 valence electrons. The molecular weight excluding hydrogens is 334 g/mol. The minimum absolute atomic E-state index is 0.000368. The maximum atomic E-state index is 12.5. The summed E-state index contributed by atoms with van der Waals surface area (Å²) in [5.41, 5.74) is 4.28. The number of hydrogen-bond donors (Lipinski definition) is 2. The molecule has 4 rings (SSSR count). The van der Waals surface area contributed by atoms with E-state index in [-0.39, 0.29) is 11.5 Å². The van der Waals surface area contributed by atoms with Crippen LogP contribution in [-0.2, 0) is 12.8 Å². The molecule has 1 aliphatic carbocycles. The van der Waals surface area contributed by atoms with E-state index in [2.05, 4.69) is 15.3 Å². The van der Waals surface area contributed by atoms with Gasteiger partial charge in [-0.3, -0.25) is 9.59 Å². The first kappa shape index (κ1) is 16.0. The van der Waals surface area contributed by atoms with Gasteiger partial charge in [0.2, 0.25) is 0 Å². The van der Waals surface area contributed by atoms with E-state index in [4.69, 9.17) is 0 Å². The second-order valence-corrected chi connectivity index (χ2v) is 7.68. The van der Waals surface area contributed by atoms with Crippen LogP contribution in [0.5, 0.6) is 0 Å². The quantitative estimate of drug-likeness (QED) is 0.737. The number of anilines is 1. The van der Waals surface area contributed by atoms with Crippen molar-refractivity contribution in [3.05, 3.63) is 55.3 Å². The average Bonchev–Trinajstić information content (AvgIpc) is 2.93. The molecule has 0 aliphatic heterocycles. The predicted molar refractivity (Wildman–Crippen MR) is 101 cm³/mol. The molecule has 5 nitrogen and oxygen atoms in total. The van der Waals surface area contributed by atoms with Crippen LogP contribution in [0.4, 0.5) is 5.69 Å². The zero-order valence-electron chi connectivity index (χ0n) is 14.2. The first-order valence-electron chi connectivity index (χ1n) is 8.46. The van der Waals surface area contributed by atoms with Crippen molar-refractivity contribution in [2.75, 3.05) is 5.32 Å². The van der Waals surface area contributed by atoms with Gasteiger partial charge in [-0.15, -0.1) is 11.3 Å². The smallest absolute Gasteiger partial charge is 0.267 e. The van der Waals surface area contributed by atoms with Crippen molar-refractivity contribution in [2.45, 2.75) is 39.5 Å². The Morgan fingerprint density at radius 3 is 2.68 bits per heavy atom. The number of aromatic amines is 1. The highest BCUT2D eigenvalue weighted by Crippen LogP contribution is 2.27. The van der Waals surface area contributed by atoms with E-state index in [1.807, 2.05) is 32.0 Å². The zero-order valence-corrected chi connectivity index (χ0v) is 15.0. The number of rotatable bonds is 2. The third-order valence-corrected chi connectivity index (χ3v) is 5.77. The summed E-state index contributed by atoms with van der Waals surface area (Å²) in [6, 6.07) is 5.74. The summed E-state index contributed by atoms with van der Waals surface area (Å²) in [6.45, 7) is 3.72. The van der Waals surface area contributed by atoms with E-state index >= 15 is 0 Å². The van der Waals surface area contributed by atoms with E-state index in [1.165, 1.54) is 11.3 Å². The van der Waals surface area contributed by atoms with Crippen molar-refractivity contribution >= 4 is 33.8 Å². The summed E-state index contributed by atoms with van der Waals surface area (Å²) in [5.74, 6) is -0.164. The molecule has 0 saturated carbocycles. The van der Waals surface area contributed by atoms with Crippen LogP contribution in [0, 0.1) is 13.8 Å². The van der Waals surface area contributed by atoms with Crippen LogP contribution < -0.4 is 10.9 Å². The first-order valence-corrected chi connectivity index (χ1v) is 9.28. The lowest BCUT2D eigenvalue weighted by Gasteiger charge is -2.17. The molecule has 2 N–H and O–H groups in total. The normalized spacial score (nSPS) is 13.7. The fraction of sp³-hybridized carbons (Fsp3) is 0.316. The molecule has 0 radical (unpaired) electrons. The minimum atomic E-state index is -0.164. The third-order valence-electron chi connectivity index (χ3n) is 4.70. The molecule has 25 heavy (non-hydrogen) atoms. The molecule has 1 aliphatic rings. The van der Waals surface area contributed by atoms with Gasteiger partial charge < -0.3 is 10.3 Å². The number of nitrogens with zero attached hydrogens (tertiary/aromatic N) is 1. The standard InChI is InChI=1S/C19H19N3O2S/c1-10-17(25-11(2)20-10)19(24)21-12-7-8-14-13-5-3-4-6-15(13)18(23)22-16(14)9-12/h7-9H,3-6H2,1-2H3,(H,21,24)(H,22,23). The number of nitrogens with one attached hydrogen (secondary N) is 2. The Morgan fingerprint density at radius 2 is 1.96 bits per heavy atom. The van der Waals surface area contributed by atoms with E-state index < -0.39 is 0 Å². The Hall–Kier alpha value is -2.47. The molecule has 2 aromatic heterocycles. The SMILES string of the molecule is Cc1nc(C)c(C(=O)Nc2ccc3c4c(c(=O)[nH]c3c2)CCCC4)s1. The molecule has 1 amide bonds. The molecule has 3 aromatic rings. The number of carbonyl (C=O) groups excluding carboxylic acids is 1. The fourth-order valence-electron chi connectivity index (χ4n) is 3.57. The largest absolute Gasteiger partial charge is 0.322 e. The number of aromatic nitrogens is 2. The van der Waals surface area contributed by atoms with Crippen LogP contribution in [-0.4, -0.2) is 15.9 Å². The number of carbonyl (C=O) groups is 1. The van der Waals surface area contributed by atoms with E-state index in [1.54, 1.807) is 0 Å². The molecule has 0 fully saturated rings. The Balaban J connectivity index is 1.71. The van der Waals surface area contributed by atoms with Crippen LogP contribution in [0.1, 0.15) is 44.3 Å². The van der Waals surface area contributed by atoms with E-state index in [0.717, 1.165) is 58.4 Å². The molecule has 2 heterocycles. The summed E-state index contributed by atoms with van der Waals surface area (Å²) >= 11 is 1.39.